The van der Waals surface area contributed by atoms with Crippen LogP contribution in [0, 0.1) is 0 Å². The normalized spacial score (nSPS) is 18.6. The highest BCUT2D eigenvalue weighted by molar-refractivity contribution is 5.05. The molecule has 0 radical (unpaired) electrons. The van der Waals surface area contributed by atoms with E-state index in [1.165, 1.54) is 44.9 Å². The molecule has 0 aliphatic heterocycles. The predicted molar refractivity (Wildman–Crippen MR) is 69.9 cm³/mol. The average molecular weight is 233 g/mol. The van der Waals surface area contributed by atoms with Crippen molar-refractivity contribution in [3.63, 3.8) is 0 Å². The minimum atomic E-state index is 0.590. The summed E-state index contributed by atoms with van der Waals surface area (Å²) in [6, 6.07) is 2.00. The monoisotopic (exact) mass is 233 g/mol. The molecule has 2 rings (SSSR count). The third kappa shape index (κ3) is 3.77. The molecule has 1 aliphatic rings. The Hall–Kier alpha value is -0.960. The van der Waals surface area contributed by atoms with Crippen LogP contribution in [-0.2, 0) is 6.54 Å². The summed E-state index contributed by atoms with van der Waals surface area (Å²) in [6.07, 6.45) is 11.3. The first kappa shape index (κ1) is 12.5. The van der Waals surface area contributed by atoms with E-state index >= 15 is 0 Å². The lowest BCUT2D eigenvalue weighted by atomic mass is 9.90. The molecule has 0 aromatic carbocycles. The van der Waals surface area contributed by atoms with Crippen molar-refractivity contribution in [3.8, 4) is 0 Å². The Morgan fingerprint density at radius 2 is 1.88 bits per heavy atom. The lowest BCUT2D eigenvalue weighted by Crippen LogP contribution is -2.12. The Morgan fingerprint density at radius 3 is 2.59 bits per heavy atom. The minimum absolute atomic E-state index is 0.590. The molecule has 0 unspecified atom stereocenters. The molecular weight excluding hydrogens is 210 g/mol. The van der Waals surface area contributed by atoms with E-state index in [1.807, 2.05) is 19.3 Å². The molecule has 1 aromatic heterocycles. The van der Waals surface area contributed by atoms with Gasteiger partial charge in [0, 0.05) is 18.7 Å². The Bertz CT molecular complexity index is 330. The van der Waals surface area contributed by atoms with E-state index in [9.17, 15) is 0 Å². The Balaban J connectivity index is 2.05. The van der Waals surface area contributed by atoms with Crippen LogP contribution in [0.25, 0.3) is 0 Å². The Labute approximate surface area is 104 Å². The first-order valence-electron chi connectivity index (χ1n) is 6.86. The van der Waals surface area contributed by atoms with Gasteiger partial charge in [0.25, 0.3) is 0 Å². The van der Waals surface area contributed by atoms with E-state index in [-0.39, 0.29) is 0 Å². The lowest BCUT2D eigenvalue weighted by Gasteiger charge is -2.18. The average Bonchev–Trinajstić information content (AvgIpc) is 2.29. The van der Waals surface area contributed by atoms with E-state index in [2.05, 4.69) is 15.3 Å². The summed E-state index contributed by atoms with van der Waals surface area (Å²) in [4.78, 5) is 9.16. The summed E-state index contributed by atoms with van der Waals surface area (Å²) in [5.41, 5.74) is 1.11. The maximum absolute atomic E-state index is 4.68. The maximum atomic E-state index is 4.68. The van der Waals surface area contributed by atoms with Crippen LogP contribution in [0.2, 0.25) is 0 Å². The van der Waals surface area contributed by atoms with Gasteiger partial charge >= 0.3 is 0 Å². The summed E-state index contributed by atoms with van der Waals surface area (Å²) in [5.74, 6) is 1.66. The van der Waals surface area contributed by atoms with Gasteiger partial charge in [-0.25, -0.2) is 9.97 Å². The summed E-state index contributed by atoms with van der Waals surface area (Å²) in [6.45, 7) is 0.836. The van der Waals surface area contributed by atoms with Crippen molar-refractivity contribution in [2.75, 3.05) is 7.05 Å². The summed E-state index contributed by atoms with van der Waals surface area (Å²) < 4.78 is 0. The number of rotatable bonds is 3. The standard InChI is InChI=1S/C14H23N3/c1-15-11-13-9-10-16-14(17-13)12-7-5-3-2-4-6-8-12/h9-10,12,15H,2-8,11H2,1H3. The van der Waals surface area contributed by atoms with Crippen LogP contribution < -0.4 is 5.32 Å². The van der Waals surface area contributed by atoms with Crippen LogP contribution >= 0.6 is 0 Å². The number of aromatic nitrogens is 2. The largest absolute Gasteiger partial charge is 0.314 e. The van der Waals surface area contributed by atoms with Crippen molar-refractivity contribution in [1.29, 1.82) is 0 Å². The van der Waals surface area contributed by atoms with Crippen LogP contribution in [0.15, 0.2) is 12.3 Å². The van der Waals surface area contributed by atoms with Crippen molar-refractivity contribution >= 4 is 0 Å². The first-order chi connectivity index (χ1) is 8.40. The second-order valence-electron chi connectivity index (χ2n) is 4.98. The number of hydrogen-bond donors (Lipinski definition) is 1. The van der Waals surface area contributed by atoms with Gasteiger partial charge in [0.15, 0.2) is 0 Å². The van der Waals surface area contributed by atoms with Gasteiger partial charge in [-0.3, -0.25) is 0 Å². The number of nitrogens with zero attached hydrogens (tertiary/aromatic N) is 2. The van der Waals surface area contributed by atoms with Crippen LogP contribution in [0.3, 0.4) is 0 Å². The molecule has 17 heavy (non-hydrogen) atoms. The van der Waals surface area contributed by atoms with Crippen LogP contribution in [0.4, 0.5) is 0 Å². The van der Waals surface area contributed by atoms with Gasteiger partial charge < -0.3 is 5.32 Å². The van der Waals surface area contributed by atoms with Crippen molar-refractivity contribution in [2.45, 2.75) is 57.4 Å². The highest BCUT2D eigenvalue weighted by atomic mass is 14.9. The molecule has 3 heteroatoms. The molecule has 0 amide bonds. The molecule has 0 atom stereocenters. The molecule has 1 aliphatic carbocycles. The van der Waals surface area contributed by atoms with Gasteiger partial charge in [-0.15, -0.1) is 0 Å². The number of hydrogen-bond acceptors (Lipinski definition) is 3. The maximum Gasteiger partial charge on any atom is 0.131 e. The van der Waals surface area contributed by atoms with Crippen LogP contribution in [0.5, 0.6) is 0 Å². The highest BCUT2D eigenvalue weighted by Gasteiger charge is 2.16. The zero-order valence-corrected chi connectivity index (χ0v) is 10.8. The van der Waals surface area contributed by atoms with Gasteiger partial charge in [-0.2, -0.15) is 0 Å². The molecule has 3 nitrogen and oxygen atoms in total. The fraction of sp³-hybridized carbons (Fsp3) is 0.714. The third-order valence-electron chi connectivity index (χ3n) is 3.56. The van der Waals surface area contributed by atoms with Crippen molar-refractivity contribution in [2.24, 2.45) is 0 Å². The zero-order chi connectivity index (χ0) is 11.9. The van der Waals surface area contributed by atoms with Gasteiger partial charge in [0.2, 0.25) is 0 Å². The van der Waals surface area contributed by atoms with E-state index in [4.69, 9.17) is 0 Å². The van der Waals surface area contributed by atoms with Crippen LogP contribution in [0.1, 0.15) is 62.4 Å². The molecule has 1 aromatic rings. The zero-order valence-electron chi connectivity index (χ0n) is 10.8. The van der Waals surface area contributed by atoms with Gasteiger partial charge in [0.05, 0.1) is 5.69 Å². The van der Waals surface area contributed by atoms with E-state index in [0.717, 1.165) is 18.1 Å². The van der Waals surface area contributed by atoms with E-state index in [0.29, 0.717) is 5.92 Å². The topological polar surface area (TPSA) is 37.8 Å². The summed E-state index contributed by atoms with van der Waals surface area (Å²) in [7, 11) is 1.96. The first-order valence-corrected chi connectivity index (χ1v) is 6.86. The van der Waals surface area contributed by atoms with Gasteiger partial charge in [-0.1, -0.05) is 32.1 Å². The molecule has 0 spiro atoms. The quantitative estimate of drug-likeness (QED) is 0.872. The summed E-state index contributed by atoms with van der Waals surface area (Å²) in [5, 5.41) is 3.15. The van der Waals surface area contributed by atoms with Gasteiger partial charge in [-0.05, 0) is 26.0 Å². The van der Waals surface area contributed by atoms with Crippen molar-refractivity contribution in [1.82, 2.24) is 15.3 Å². The minimum Gasteiger partial charge on any atom is -0.314 e. The SMILES string of the molecule is CNCc1ccnc(C2CCCCCCC2)n1. The van der Waals surface area contributed by atoms with E-state index in [1.54, 1.807) is 0 Å². The van der Waals surface area contributed by atoms with Gasteiger partial charge in [0.1, 0.15) is 5.82 Å². The lowest BCUT2D eigenvalue weighted by molar-refractivity contribution is 0.441. The molecule has 1 saturated carbocycles. The molecule has 0 bridgehead atoms. The molecule has 0 saturated heterocycles. The number of nitrogens with one attached hydrogen (secondary N) is 1. The Morgan fingerprint density at radius 1 is 1.18 bits per heavy atom. The van der Waals surface area contributed by atoms with E-state index < -0.39 is 0 Å². The highest BCUT2D eigenvalue weighted by Crippen LogP contribution is 2.28. The molecule has 1 N–H and O–H groups in total. The third-order valence-corrected chi connectivity index (χ3v) is 3.56. The Kier molecular flexibility index (Phi) is 4.92. The predicted octanol–water partition coefficient (Wildman–Crippen LogP) is 3.02. The second kappa shape index (κ2) is 6.70. The van der Waals surface area contributed by atoms with Crippen LogP contribution in [-0.4, -0.2) is 17.0 Å². The summed E-state index contributed by atoms with van der Waals surface area (Å²) >= 11 is 0. The fourth-order valence-corrected chi connectivity index (χ4v) is 2.60. The molecule has 1 fully saturated rings. The van der Waals surface area contributed by atoms with Crippen molar-refractivity contribution in [3.05, 3.63) is 23.8 Å². The fourth-order valence-electron chi connectivity index (χ4n) is 2.60. The smallest absolute Gasteiger partial charge is 0.131 e. The molecular formula is C14H23N3. The second-order valence-corrected chi connectivity index (χ2v) is 4.98. The molecule has 1 heterocycles. The molecule has 94 valence electrons. The van der Waals surface area contributed by atoms with Crippen molar-refractivity contribution < 1.29 is 0 Å².